The zero-order chi connectivity index (χ0) is 30.2. The van der Waals surface area contributed by atoms with Crippen LogP contribution in [0.2, 0.25) is 0 Å². The van der Waals surface area contributed by atoms with Crippen LogP contribution in [0.4, 0.5) is 15.8 Å². The minimum atomic E-state index is -4.08. The summed E-state index contributed by atoms with van der Waals surface area (Å²) in [6.07, 6.45) is 1.02. The summed E-state index contributed by atoms with van der Waals surface area (Å²) >= 11 is 0. The number of carbonyl (C=O) groups excluding carboxylic acids is 2. The number of anilines is 1. The molecule has 0 bridgehead atoms. The summed E-state index contributed by atoms with van der Waals surface area (Å²) in [4.78, 5) is 39.4. The SMILES string of the molecule is CC(C)CNC(=O)[C@@H](Cc1ccccc1)N(Cc1ccc(F)cc1)C(=O)CN(c1cccc([N+](=O)[O-])c1)S(C)(=O)=O. The van der Waals surface area contributed by atoms with Gasteiger partial charge in [0, 0.05) is 31.6 Å². The van der Waals surface area contributed by atoms with Gasteiger partial charge < -0.3 is 10.2 Å². The van der Waals surface area contributed by atoms with Gasteiger partial charge in [0.15, 0.2) is 0 Å². The standard InChI is InChI=1S/C29H33FN4O6S/c1-21(2)18-31-29(36)27(16-22-8-5-4-6-9-22)32(19-23-12-14-24(30)15-13-23)28(35)20-33(41(3,39)40)25-10-7-11-26(17-25)34(37)38/h4-15,17,21,27H,16,18-20H2,1-3H3,(H,31,36)/t27-/m1/s1. The van der Waals surface area contributed by atoms with Crippen LogP contribution in [0.15, 0.2) is 78.9 Å². The van der Waals surface area contributed by atoms with Crippen LogP contribution in [0, 0.1) is 21.8 Å². The lowest BCUT2D eigenvalue weighted by Gasteiger charge is -2.33. The third kappa shape index (κ3) is 9.10. The zero-order valence-electron chi connectivity index (χ0n) is 23.1. The Kier molecular flexibility index (Phi) is 10.5. The molecule has 218 valence electrons. The van der Waals surface area contributed by atoms with E-state index in [0.29, 0.717) is 12.1 Å². The molecule has 41 heavy (non-hydrogen) atoms. The van der Waals surface area contributed by atoms with Crippen molar-refractivity contribution >= 4 is 33.2 Å². The Labute approximate surface area is 239 Å². The molecule has 0 unspecified atom stereocenters. The van der Waals surface area contributed by atoms with Crippen LogP contribution in [0.5, 0.6) is 0 Å². The van der Waals surface area contributed by atoms with Gasteiger partial charge in [-0.1, -0.05) is 62.4 Å². The molecule has 3 aromatic carbocycles. The molecular formula is C29H33FN4O6S. The van der Waals surface area contributed by atoms with Crippen molar-refractivity contribution in [3.05, 3.63) is 106 Å². The number of nitro benzene ring substituents is 1. The molecule has 1 N–H and O–H groups in total. The van der Waals surface area contributed by atoms with E-state index in [-0.39, 0.29) is 30.3 Å². The van der Waals surface area contributed by atoms with E-state index in [9.17, 15) is 32.5 Å². The van der Waals surface area contributed by atoms with Crippen molar-refractivity contribution in [1.82, 2.24) is 10.2 Å². The predicted molar refractivity (Wildman–Crippen MR) is 154 cm³/mol. The number of sulfonamides is 1. The molecule has 2 amide bonds. The third-order valence-electron chi connectivity index (χ3n) is 6.23. The number of nitrogens with one attached hydrogen (secondary N) is 1. The lowest BCUT2D eigenvalue weighted by molar-refractivity contribution is -0.384. The number of benzene rings is 3. The van der Waals surface area contributed by atoms with E-state index in [0.717, 1.165) is 22.2 Å². The van der Waals surface area contributed by atoms with Gasteiger partial charge in [-0.15, -0.1) is 0 Å². The van der Waals surface area contributed by atoms with E-state index in [1.165, 1.54) is 47.4 Å². The van der Waals surface area contributed by atoms with E-state index in [4.69, 9.17) is 0 Å². The van der Waals surface area contributed by atoms with Gasteiger partial charge in [0.05, 0.1) is 16.9 Å². The van der Waals surface area contributed by atoms with Crippen LogP contribution in [0.25, 0.3) is 0 Å². The fraction of sp³-hybridized carbons (Fsp3) is 0.310. The highest BCUT2D eigenvalue weighted by Crippen LogP contribution is 2.24. The van der Waals surface area contributed by atoms with Gasteiger partial charge in [0.25, 0.3) is 5.69 Å². The maximum Gasteiger partial charge on any atom is 0.271 e. The third-order valence-corrected chi connectivity index (χ3v) is 7.37. The van der Waals surface area contributed by atoms with Crippen molar-refractivity contribution in [2.24, 2.45) is 5.92 Å². The highest BCUT2D eigenvalue weighted by atomic mass is 32.2. The highest BCUT2D eigenvalue weighted by molar-refractivity contribution is 7.92. The molecule has 3 aromatic rings. The number of non-ortho nitro benzene ring substituents is 1. The van der Waals surface area contributed by atoms with Gasteiger partial charge in [-0.3, -0.25) is 24.0 Å². The van der Waals surface area contributed by atoms with E-state index in [2.05, 4.69) is 5.32 Å². The Morgan fingerprint density at radius 3 is 2.22 bits per heavy atom. The maximum atomic E-state index is 14.0. The number of nitrogens with zero attached hydrogens (tertiary/aromatic N) is 3. The number of hydrogen-bond acceptors (Lipinski definition) is 6. The molecule has 1 atom stereocenters. The molecule has 0 radical (unpaired) electrons. The number of nitro groups is 1. The fourth-order valence-electron chi connectivity index (χ4n) is 4.14. The topological polar surface area (TPSA) is 130 Å². The molecule has 0 saturated heterocycles. The molecule has 0 aliphatic carbocycles. The van der Waals surface area contributed by atoms with Crippen molar-refractivity contribution in [2.45, 2.75) is 32.9 Å². The van der Waals surface area contributed by atoms with Crippen molar-refractivity contribution in [3.8, 4) is 0 Å². The first-order valence-corrected chi connectivity index (χ1v) is 14.8. The molecular weight excluding hydrogens is 551 g/mol. The highest BCUT2D eigenvalue weighted by Gasteiger charge is 2.33. The van der Waals surface area contributed by atoms with Crippen LogP contribution in [-0.4, -0.2) is 55.4 Å². The number of amides is 2. The summed E-state index contributed by atoms with van der Waals surface area (Å²) in [6, 6.07) is 18.4. The van der Waals surface area contributed by atoms with Gasteiger partial charge in [-0.2, -0.15) is 0 Å². The summed E-state index contributed by atoms with van der Waals surface area (Å²) in [7, 11) is -4.08. The van der Waals surface area contributed by atoms with E-state index < -0.39 is 45.2 Å². The monoisotopic (exact) mass is 584 g/mol. The number of halogens is 1. The minimum Gasteiger partial charge on any atom is -0.354 e. The lowest BCUT2D eigenvalue weighted by Crippen LogP contribution is -2.53. The van der Waals surface area contributed by atoms with Crippen LogP contribution >= 0.6 is 0 Å². The molecule has 0 spiro atoms. The molecule has 0 heterocycles. The smallest absolute Gasteiger partial charge is 0.271 e. The Morgan fingerprint density at radius 2 is 1.63 bits per heavy atom. The summed E-state index contributed by atoms with van der Waals surface area (Å²) in [5.74, 6) is -1.49. The van der Waals surface area contributed by atoms with Crippen LogP contribution in [0.3, 0.4) is 0 Å². The number of carbonyl (C=O) groups is 2. The van der Waals surface area contributed by atoms with Crippen LogP contribution in [-0.2, 0) is 32.6 Å². The maximum absolute atomic E-state index is 14.0. The predicted octanol–water partition coefficient (Wildman–Crippen LogP) is 3.91. The lowest BCUT2D eigenvalue weighted by atomic mass is 10.0. The normalized spacial score (nSPS) is 12.0. The summed E-state index contributed by atoms with van der Waals surface area (Å²) in [5, 5.41) is 14.2. The summed E-state index contributed by atoms with van der Waals surface area (Å²) in [5.41, 5.74) is 0.880. The van der Waals surface area contributed by atoms with Gasteiger partial charge >= 0.3 is 0 Å². The summed E-state index contributed by atoms with van der Waals surface area (Å²) in [6.45, 7) is 3.38. The average Bonchev–Trinajstić information content (AvgIpc) is 2.93. The second kappa shape index (κ2) is 13.8. The molecule has 10 nitrogen and oxygen atoms in total. The quantitative estimate of drug-likeness (QED) is 0.240. The molecule has 0 aliphatic heterocycles. The molecule has 12 heteroatoms. The van der Waals surface area contributed by atoms with Gasteiger partial charge in [-0.25, -0.2) is 12.8 Å². The average molecular weight is 585 g/mol. The second-order valence-electron chi connectivity index (χ2n) is 10.0. The van der Waals surface area contributed by atoms with Crippen molar-refractivity contribution in [1.29, 1.82) is 0 Å². The van der Waals surface area contributed by atoms with Crippen molar-refractivity contribution in [3.63, 3.8) is 0 Å². The van der Waals surface area contributed by atoms with Crippen molar-refractivity contribution in [2.75, 3.05) is 23.7 Å². The molecule has 0 aliphatic rings. The van der Waals surface area contributed by atoms with E-state index in [1.807, 2.05) is 32.0 Å². The van der Waals surface area contributed by atoms with Gasteiger partial charge in [-0.05, 0) is 35.2 Å². The first kappa shape index (κ1) is 31.2. The van der Waals surface area contributed by atoms with E-state index >= 15 is 0 Å². The van der Waals surface area contributed by atoms with Gasteiger partial charge in [0.1, 0.15) is 18.4 Å². The Bertz CT molecular complexity index is 1470. The van der Waals surface area contributed by atoms with E-state index in [1.54, 1.807) is 12.1 Å². The Balaban J connectivity index is 2.06. The molecule has 0 aromatic heterocycles. The number of hydrogen-bond donors (Lipinski definition) is 1. The minimum absolute atomic E-state index is 0.0688. The second-order valence-corrected chi connectivity index (χ2v) is 11.9. The Morgan fingerprint density at radius 1 is 0.976 bits per heavy atom. The van der Waals surface area contributed by atoms with Crippen LogP contribution in [0.1, 0.15) is 25.0 Å². The fourth-order valence-corrected chi connectivity index (χ4v) is 4.98. The van der Waals surface area contributed by atoms with Crippen LogP contribution < -0.4 is 9.62 Å². The summed E-state index contributed by atoms with van der Waals surface area (Å²) < 4.78 is 40.0. The first-order valence-electron chi connectivity index (χ1n) is 12.9. The Hall–Kier alpha value is -4.32. The van der Waals surface area contributed by atoms with Gasteiger partial charge in [0.2, 0.25) is 21.8 Å². The molecule has 3 rings (SSSR count). The number of rotatable bonds is 13. The first-order chi connectivity index (χ1) is 19.3. The molecule has 0 saturated carbocycles. The zero-order valence-corrected chi connectivity index (χ0v) is 23.9. The molecule has 0 fully saturated rings. The largest absolute Gasteiger partial charge is 0.354 e. The van der Waals surface area contributed by atoms with Crippen molar-refractivity contribution < 1.29 is 27.3 Å².